The fraction of sp³-hybridized carbons (Fsp3) is 0.583. The Labute approximate surface area is 136 Å². The van der Waals surface area contributed by atoms with Crippen molar-refractivity contribution in [3.05, 3.63) is 14.7 Å². The summed E-state index contributed by atoms with van der Waals surface area (Å²) < 4.78 is 32.0. The highest BCUT2D eigenvalue weighted by molar-refractivity contribution is 9.11. The Morgan fingerprint density at radius 1 is 1.62 bits per heavy atom. The van der Waals surface area contributed by atoms with Gasteiger partial charge < -0.3 is 10.1 Å². The van der Waals surface area contributed by atoms with E-state index in [0.29, 0.717) is 16.4 Å². The maximum absolute atomic E-state index is 12.2. The smallest absolute Gasteiger partial charge is 0.348 e. The molecule has 9 heteroatoms. The SMILES string of the molecule is COC(=O)c1cc(S(=O)(=O)NCCC2CCCN2)c(Br)s1. The van der Waals surface area contributed by atoms with Gasteiger partial charge in [-0.2, -0.15) is 0 Å². The number of hydrogen-bond acceptors (Lipinski definition) is 6. The van der Waals surface area contributed by atoms with E-state index >= 15 is 0 Å². The minimum Gasteiger partial charge on any atom is -0.465 e. The Morgan fingerprint density at radius 2 is 2.38 bits per heavy atom. The second kappa shape index (κ2) is 7.19. The number of rotatable bonds is 6. The lowest BCUT2D eigenvalue weighted by Gasteiger charge is -2.10. The molecule has 0 aliphatic carbocycles. The van der Waals surface area contributed by atoms with E-state index in [-0.39, 0.29) is 9.77 Å². The van der Waals surface area contributed by atoms with Crippen LogP contribution in [0.1, 0.15) is 28.9 Å². The zero-order valence-corrected chi connectivity index (χ0v) is 14.7. The molecule has 1 saturated heterocycles. The number of methoxy groups -OCH3 is 1. The van der Waals surface area contributed by atoms with Crippen molar-refractivity contribution in [1.82, 2.24) is 10.0 Å². The van der Waals surface area contributed by atoms with Crippen LogP contribution < -0.4 is 10.0 Å². The molecule has 1 aromatic heterocycles. The summed E-state index contributed by atoms with van der Waals surface area (Å²) in [6.07, 6.45) is 2.97. The minimum absolute atomic E-state index is 0.0762. The molecular weight excluding hydrogens is 380 g/mol. The molecule has 0 bridgehead atoms. The third kappa shape index (κ3) is 4.26. The Balaban J connectivity index is 2.01. The number of nitrogens with one attached hydrogen (secondary N) is 2. The third-order valence-corrected chi connectivity index (χ3v) is 6.97. The highest BCUT2D eigenvalue weighted by Crippen LogP contribution is 2.32. The van der Waals surface area contributed by atoms with Gasteiger partial charge in [0.05, 0.1) is 10.9 Å². The summed E-state index contributed by atoms with van der Waals surface area (Å²) in [5, 5.41) is 3.32. The largest absolute Gasteiger partial charge is 0.465 e. The lowest BCUT2D eigenvalue weighted by molar-refractivity contribution is 0.0606. The van der Waals surface area contributed by atoms with Crippen molar-refractivity contribution in [2.24, 2.45) is 0 Å². The molecule has 1 aliphatic rings. The first kappa shape index (κ1) is 16.9. The fourth-order valence-corrected chi connectivity index (χ4v) is 5.71. The van der Waals surface area contributed by atoms with Crippen LogP contribution in [0.4, 0.5) is 0 Å². The van der Waals surface area contributed by atoms with Crippen LogP contribution in [0.15, 0.2) is 14.7 Å². The highest BCUT2D eigenvalue weighted by Gasteiger charge is 2.24. The Kier molecular flexibility index (Phi) is 5.78. The summed E-state index contributed by atoms with van der Waals surface area (Å²) in [6, 6.07) is 1.71. The van der Waals surface area contributed by atoms with Crippen molar-refractivity contribution >= 4 is 43.3 Å². The molecule has 0 aromatic carbocycles. The number of sulfonamides is 1. The van der Waals surface area contributed by atoms with Gasteiger partial charge in [-0.1, -0.05) is 0 Å². The molecule has 2 rings (SSSR count). The molecule has 1 fully saturated rings. The standard InChI is InChI=1S/C12H17BrN2O4S2/c1-19-12(16)9-7-10(11(13)20-9)21(17,18)15-6-4-8-3-2-5-14-8/h7-8,14-15H,2-6H2,1H3. The van der Waals surface area contributed by atoms with Crippen molar-refractivity contribution in [1.29, 1.82) is 0 Å². The summed E-state index contributed by atoms with van der Waals surface area (Å²) >= 11 is 4.23. The second-order valence-electron chi connectivity index (χ2n) is 4.72. The maximum atomic E-state index is 12.2. The van der Waals surface area contributed by atoms with Gasteiger partial charge >= 0.3 is 5.97 Å². The summed E-state index contributed by atoms with van der Waals surface area (Å²) in [5.41, 5.74) is 0. The number of halogens is 1. The second-order valence-corrected chi connectivity index (χ2v) is 8.83. The third-order valence-electron chi connectivity index (χ3n) is 3.28. The van der Waals surface area contributed by atoms with E-state index in [9.17, 15) is 13.2 Å². The summed E-state index contributed by atoms with van der Waals surface area (Å²) in [6.45, 7) is 1.37. The average Bonchev–Trinajstić information content (AvgIpc) is 3.07. The van der Waals surface area contributed by atoms with Crippen molar-refractivity contribution in [3.8, 4) is 0 Å². The first-order valence-corrected chi connectivity index (χ1v) is 9.64. The topological polar surface area (TPSA) is 84.5 Å². The Bertz CT molecular complexity index is 609. The predicted octanol–water partition coefficient (Wildman–Crippen LogP) is 1.72. The van der Waals surface area contributed by atoms with Gasteiger partial charge in [0.1, 0.15) is 9.77 Å². The van der Waals surface area contributed by atoms with Gasteiger partial charge in [-0.05, 0) is 47.8 Å². The molecule has 0 amide bonds. The maximum Gasteiger partial charge on any atom is 0.348 e. The number of ether oxygens (including phenoxy) is 1. The molecule has 118 valence electrons. The van der Waals surface area contributed by atoms with Crippen LogP contribution in [-0.4, -0.2) is 40.6 Å². The fourth-order valence-electron chi connectivity index (χ4n) is 2.18. The molecule has 21 heavy (non-hydrogen) atoms. The molecule has 0 spiro atoms. The van der Waals surface area contributed by atoms with E-state index in [0.717, 1.165) is 37.1 Å². The van der Waals surface area contributed by atoms with Gasteiger partial charge in [0.15, 0.2) is 0 Å². The molecule has 6 nitrogen and oxygen atoms in total. The van der Waals surface area contributed by atoms with Crippen molar-refractivity contribution in [2.45, 2.75) is 30.2 Å². The van der Waals surface area contributed by atoms with Gasteiger partial charge in [0.25, 0.3) is 0 Å². The zero-order chi connectivity index (χ0) is 15.5. The number of hydrogen-bond donors (Lipinski definition) is 2. The average molecular weight is 397 g/mol. The molecular formula is C12H17BrN2O4S2. The zero-order valence-electron chi connectivity index (χ0n) is 11.5. The van der Waals surface area contributed by atoms with E-state index in [1.54, 1.807) is 0 Å². The van der Waals surface area contributed by atoms with E-state index in [1.165, 1.54) is 13.2 Å². The van der Waals surface area contributed by atoms with Gasteiger partial charge in [-0.25, -0.2) is 17.9 Å². The van der Waals surface area contributed by atoms with Crippen LogP contribution in [0, 0.1) is 0 Å². The predicted molar refractivity (Wildman–Crippen MR) is 84.2 cm³/mol. The summed E-state index contributed by atoms with van der Waals surface area (Å²) in [5.74, 6) is -0.544. The van der Waals surface area contributed by atoms with Gasteiger partial charge in [0.2, 0.25) is 10.0 Å². The molecule has 1 aromatic rings. The number of esters is 1. The normalized spacial score (nSPS) is 18.9. The summed E-state index contributed by atoms with van der Waals surface area (Å²) in [4.78, 5) is 11.8. The molecule has 1 unspecified atom stereocenters. The molecule has 1 atom stereocenters. The van der Waals surface area contributed by atoms with E-state index in [4.69, 9.17) is 0 Å². The molecule has 2 heterocycles. The first-order chi connectivity index (χ1) is 9.94. The number of carbonyl (C=O) groups excluding carboxylic acids is 1. The minimum atomic E-state index is -3.63. The van der Waals surface area contributed by atoms with Gasteiger partial charge in [0, 0.05) is 12.6 Å². The Morgan fingerprint density at radius 3 is 3.00 bits per heavy atom. The lowest BCUT2D eigenvalue weighted by Crippen LogP contribution is -2.30. The first-order valence-electron chi connectivity index (χ1n) is 6.54. The summed E-state index contributed by atoms with van der Waals surface area (Å²) in [7, 11) is -2.36. The van der Waals surface area contributed by atoms with Crippen LogP contribution in [0.5, 0.6) is 0 Å². The number of thiophene rings is 1. The van der Waals surface area contributed by atoms with E-state index < -0.39 is 16.0 Å². The molecule has 0 radical (unpaired) electrons. The molecule has 1 aliphatic heterocycles. The van der Waals surface area contributed by atoms with Crippen LogP contribution in [0.25, 0.3) is 0 Å². The quantitative estimate of drug-likeness (QED) is 0.715. The van der Waals surface area contributed by atoms with Crippen LogP contribution in [0.2, 0.25) is 0 Å². The van der Waals surface area contributed by atoms with E-state index in [1.807, 2.05) is 0 Å². The van der Waals surface area contributed by atoms with Crippen LogP contribution in [-0.2, 0) is 14.8 Å². The van der Waals surface area contributed by atoms with Crippen LogP contribution >= 0.6 is 27.3 Å². The monoisotopic (exact) mass is 396 g/mol. The van der Waals surface area contributed by atoms with Crippen molar-refractivity contribution in [3.63, 3.8) is 0 Å². The van der Waals surface area contributed by atoms with Crippen molar-refractivity contribution < 1.29 is 17.9 Å². The molecule has 0 saturated carbocycles. The number of carbonyl (C=O) groups is 1. The van der Waals surface area contributed by atoms with Crippen molar-refractivity contribution in [2.75, 3.05) is 20.2 Å². The van der Waals surface area contributed by atoms with Crippen LogP contribution in [0.3, 0.4) is 0 Å². The van der Waals surface area contributed by atoms with Gasteiger partial charge in [-0.15, -0.1) is 11.3 Å². The Hall–Kier alpha value is -0.480. The highest BCUT2D eigenvalue weighted by atomic mass is 79.9. The van der Waals surface area contributed by atoms with Gasteiger partial charge in [-0.3, -0.25) is 0 Å². The lowest BCUT2D eigenvalue weighted by atomic mass is 10.2. The molecule has 2 N–H and O–H groups in total. The van der Waals surface area contributed by atoms with E-state index in [2.05, 4.69) is 30.7 Å².